The number of halogens is 2. The normalized spacial score (nSPS) is 16.3. The lowest BCUT2D eigenvalue weighted by atomic mass is 9.79. The molecular weight excluding hydrogens is 316 g/mol. The summed E-state index contributed by atoms with van der Waals surface area (Å²) in [5.41, 5.74) is 0.861. The third-order valence-electron chi connectivity index (χ3n) is 3.05. The molecule has 0 spiro atoms. The average Bonchev–Trinajstić information content (AvgIpc) is 2.42. The minimum Gasteiger partial charge on any atom is -0.561 e. The Morgan fingerprint density at radius 2 is 2.24 bits per heavy atom. The highest BCUT2D eigenvalue weighted by molar-refractivity contribution is 6.43. The van der Waals surface area contributed by atoms with Gasteiger partial charge in [-0.2, -0.15) is 0 Å². The van der Waals surface area contributed by atoms with Crippen LogP contribution in [0, 0.1) is 0 Å². The third-order valence-corrected chi connectivity index (χ3v) is 3.87. The number of benzene rings is 1. The van der Waals surface area contributed by atoms with Crippen LogP contribution in [-0.4, -0.2) is 31.9 Å². The Balaban J connectivity index is 2.39. The zero-order chi connectivity index (χ0) is 15.6. The molecule has 1 aromatic rings. The van der Waals surface area contributed by atoms with E-state index in [0.29, 0.717) is 22.8 Å². The predicted octanol–water partition coefficient (Wildman–Crippen LogP) is 1.92. The molecule has 0 radical (unpaired) electrons. The Labute approximate surface area is 133 Å². The third kappa shape index (κ3) is 3.44. The van der Waals surface area contributed by atoms with Crippen molar-refractivity contribution in [3.8, 4) is 5.75 Å². The molecule has 112 valence electrons. The van der Waals surface area contributed by atoms with Crippen molar-refractivity contribution >= 4 is 42.6 Å². The molecule has 0 bridgehead atoms. The van der Waals surface area contributed by atoms with E-state index in [0.717, 1.165) is 0 Å². The van der Waals surface area contributed by atoms with Gasteiger partial charge in [0.05, 0.1) is 16.7 Å². The van der Waals surface area contributed by atoms with Crippen LogP contribution in [0.2, 0.25) is 10.0 Å². The molecule has 1 atom stereocenters. The first-order valence-electron chi connectivity index (χ1n) is 6.51. The maximum Gasteiger partial charge on any atom is 0.363 e. The molecule has 1 aromatic carbocycles. The summed E-state index contributed by atoms with van der Waals surface area (Å²) >= 11 is 12.3. The van der Waals surface area contributed by atoms with Gasteiger partial charge in [0.15, 0.2) is 0 Å². The van der Waals surface area contributed by atoms with Crippen LogP contribution in [0.15, 0.2) is 6.07 Å². The van der Waals surface area contributed by atoms with Gasteiger partial charge >= 0.3 is 13.5 Å². The number of nitrogens with one attached hydrogen (secondary N) is 1. The van der Waals surface area contributed by atoms with Crippen LogP contribution in [0.5, 0.6) is 5.75 Å². The molecule has 1 aliphatic rings. The van der Waals surface area contributed by atoms with E-state index < -0.39 is 5.97 Å². The van der Waals surface area contributed by atoms with E-state index >= 15 is 0 Å². The predicted molar refractivity (Wildman–Crippen MR) is 81.5 cm³/mol. The molecule has 5 nitrogen and oxygen atoms in total. The summed E-state index contributed by atoms with van der Waals surface area (Å²) in [6, 6.07) is 1.44. The molecule has 2 rings (SSSR count). The zero-order valence-corrected chi connectivity index (χ0v) is 13.2. The maximum absolute atomic E-state index is 12.0. The molecule has 21 heavy (non-hydrogen) atoms. The topological polar surface area (TPSA) is 64.6 Å². The van der Waals surface area contributed by atoms with E-state index in [9.17, 15) is 9.59 Å². The largest absolute Gasteiger partial charge is 0.561 e. The van der Waals surface area contributed by atoms with Gasteiger partial charge in [0.1, 0.15) is 11.3 Å². The van der Waals surface area contributed by atoms with E-state index in [1.165, 1.54) is 13.0 Å². The first kappa shape index (κ1) is 16.0. The van der Waals surface area contributed by atoms with E-state index in [1.807, 2.05) is 0 Å². The molecule has 1 heterocycles. The van der Waals surface area contributed by atoms with Crippen molar-refractivity contribution in [2.75, 3.05) is 6.61 Å². The van der Waals surface area contributed by atoms with Crippen molar-refractivity contribution in [3.05, 3.63) is 27.2 Å². The Kier molecular flexibility index (Phi) is 5.01. The zero-order valence-electron chi connectivity index (χ0n) is 11.7. The number of carbonyl (C=O) groups is 2. The lowest BCUT2D eigenvalue weighted by molar-refractivity contribution is -0.119. The summed E-state index contributed by atoms with van der Waals surface area (Å²) in [5.74, 6) is -0.494. The number of hydrogen-bond donors (Lipinski definition) is 1. The van der Waals surface area contributed by atoms with Crippen molar-refractivity contribution in [2.45, 2.75) is 26.2 Å². The molecule has 0 aliphatic carbocycles. The minimum atomic E-state index is -0.509. The van der Waals surface area contributed by atoms with Gasteiger partial charge in [-0.25, -0.2) is 4.79 Å². The molecule has 8 heteroatoms. The van der Waals surface area contributed by atoms with Gasteiger partial charge in [-0.3, -0.25) is 4.79 Å². The molecule has 1 amide bonds. The Hall–Kier alpha value is -1.40. The first-order valence-corrected chi connectivity index (χ1v) is 7.27. The summed E-state index contributed by atoms with van der Waals surface area (Å²) in [6.45, 7) is 3.40. The fourth-order valence-electron chi connectivity index (χ4n) is 2.24. The molecule has 0 saturated heterocycles. The van der Waals surface area contributed by atoms with Crippen molar-refractivity contribution in [3.63, 3.8) is 0 Å². The van der Waals surface area contributed by atoms with Gasteiger partial charge in [-0.1, -0.05) is 23.2 Å². The number of fused-ring (bicyclic) bond motifs is 1. The molecule has 0 fully saturated rings. The van der Waals surface area contributed by atoms with Gasteiger partial charge in [0.2, 0.25) is 5.91 Å². The van der Waals surface area contributed by atoms with Crippen LogP contribution >= 0.6 is 23.2 Å². The van der Waals surface area contributed by atoms with Crippen LogP contribution in [0.1, 0.15) is 29.8 Å². The van der Waals surface area contributed by atoms with Gasteiger partial charge in [0, 0.05) is 18.4 Å². The molecular formula is C13H14BCl2NO4. The van der Waals surface area contributed by atoms with Crippen LogP contribution in [0.4, 0.5) is 0 Å². The quantitative estimate of drug-likeness (QED) is 0.679. The minimum absolute atomic E-state index is 0.157. The molecule has 0 saturated carbocycles. The number of hydrogen-bond acceptors (Lipinski definition) is 4. The SMILES string of the molecule is CCOC(=O)c1cc(Cl)c(Cl)c2c1OBC(NC(C)=O)C2. The Morgan fingerprint density at radius 1 is 1.52 bits per heavy atom. The summed E-state index contributed by atoms with van der Waals surface area (Å²) < 4.78 is 10.6. The van der Waals surface area contributed by atoms with Crippen LogP contribution in [-0.2, 0) is 16.0 Å². The standard InChI is InChI=1S/C13H14BCl2NO4/c1-3-20-13(19)8-4-9(15)11(16)7-5-10(17-6(2)18)14-21-12(7)8/h4,10,14H,3,5H2,1-2H3,(H,17,18). The lowest BCUT2D eigenvalue weighted by Gasteiger charge is -2.27. The highest BCUT2D eigenvalue weighted by Gasteiger charge is 2.30. The van der Waals surface area contributed by atoms with Gasteiger partial charge in [0.25, 0.3) is 0 Å². The summed E-state index contributed by atoms with van der Waals surface area (Å²) in [4.78, 5) is 23.1. The second-order valence-corrected chi connectivity index (χ2v) is 5.45. The smallest absolute Gasteiger partial charge is 0.363 e. The Bertz CT molecular complexity index is 594. The second-order valence-electron chi connectivity index (χ2n) is 4.66. The van der Waals surface area contributed by atoms with E-state index in [1.54, 1.807) is 6.92 Å². The van der Waals surface area contributed by atoms with Gasteiger partial charge in [-0.15, -0.1) is 0 Å². The number of esters is 1. The van der Waals surface area contributed by atoms with Crippen molar-refractivity contribution in [2.24, 2.45) is 0 Å². The lowest BCUT2D eigenvalue weighted by Crippen LogP contribution is -2.44. The summed E-state index contributed by atoms with van der Waals surface area (Å²) in [6.07, 6.45) is 0.445. The van der Waals surface area contributed by atoms with Gasteiger partial charge < -0.3 is 14.7 Å². The molecule has 0 aromatic heterocycles. The van der Waals surface area contributed by atoms with Crippen LogP contribution in [0.3, 0.4) is 0 Å². The van der Waals surface area contributed by atoms with E-state index in [4.69, 9.17) is 32.6 Å². The molecule has 1 aliphatic heterocycles. The summed E-state index contributed by atoms with van der Waals surface area (Å²) in [5, 5.41) is 3.34. The summed E-state index contributed by atoms with van der Waals surface area (Å²) in [7, 11) is 0.261. The first-order chi connectivity index (χ1) is 9.93. The maximum atomic E-state index is 12.0. The fraction of sp³-hybridized carbons (Fsp3) is 0.385. The van der Waals surface area contributed by atoms with Crippen molar-refractivity contribution in [1.29, 1.82) is 0 Å². The molecule has 1 N–H and O–H groups in total. The van der Waals surface area contributed by atoms with Crippen molar-refractivity contribution < 1.29 is 19.0 Å². The number of carbonyl (C=O) groups excluding carboxylic acids is 2. The van der Waals surface area contributed by atoms with E-state index in [-0.39, 0.29) is 36.5 Å². The number of rotatable bonds is 3. The van der Waals surface area contributed by atoms with E-state index in [2.05, 4.69) is 5.32 Å². The van der Waals surface area contributed by atoms with Gasteiger partial charge in [-0.05, 0) is 19.4 Å². The Morgan fingerprint density at radius 3 is 2.86 bits per heavy atom. The van der Waals surface area contributed by atoms with Crippen molar-refractivity contribution in [1.82, 2.24) is 5.32 Å². The average molecular weight is 330 g/mol. The molecule has 1 unspecified atom stereocenters. The van der Waals surface area contributed by atoms with Crippen LogP contribution in [0.25, 0.3) is 0 Å². The number of amides is 1. The highest BCUT2D eigenvalue weighted by Crippen LogP contribution is 2.39. The number of ether oxygens (including phenoxy) is 1. The van der Waals surface area contributed by atoms with Crippen LogP contribution < -0.4 is 9.97 Å². The monoisotopic (exact) mass is 329 g/mol. The highest BCUT2D eigenvalue weighted by atomic mass is 35.5. The second kappa shape index (κ2) is 6.58. The fourth-order valence-corrected chi connectivity index (χ4v) is 2.68.